The number of carbonyl (C=O) groups is 1. The Kier molecular flexibility index (Phi) is 5.10. The van der Waals surface area contributed by atoms with Gasteiger partial charge in [0.1, 0.15) is 11.5 Å². The lowest BCUT2D eigenvalue weighted by molar-refractivity contribution is 0.101. The van der Waals surface area contributed by atoms with Gasteiger partial charge in [-0.3, -0.25) is 9.59 Å². The second kappa shape index (κ2) is 7.93. The van der Waals surface area contributed by atoms with Gasteiger partial charge in [0.2, 0.25) is 0 Å². The lowest BCUT2D eigenvalue weighted by Gasteiger charge is -2.33. The third-order valence-corrected chi connectivity index (χ3v) is 6.68. The van der Waals surface area contributed by atoms with Crippen LogP contribution in [0.3, 0.4) is 0 Å². The quantitative estimate of drug-likeness (QED) is 0.598. The second-order valence-electron chi connectivity index (χ2n) is 8.92. The van der Waals surface area contributed by atoms with Crippen molar-refractivity contribution < 1.29 is 4.79 Å². The summed E-state index contributed by atoms with van der Waals surface area (Å²) in [5, 5.41) is 4.45. The maximum atomic E-state index is 12.5. The zero-order chi connectivity index (χ0) is 21.5. The maximum Gasteiger partial charge on any atom is 0.259 e. The number of H-pyrrole nitrogens is 1. The van der Waals surface area contributed by atoms with Crippen molar-refractivity contribution in [1.29, 1.82) is 0 Å². The molecular formula is C25H28N4O2. The van der Waals surface area contributed by atoms with Gasteiger partial charge in [-0.2, -0.15) is 0 Å². The number of aromatic nitrogens is 2. The molecular weight excluding hydrogens is 388 g/mol. The molecule has 0 bridgehead atoms. The molecule has 1 saturated heterocycles. The fourth-order valence-corrected chi connectivity index (χ4v) is 4.85. The van der Waals surface area contributed by atoms with Crippen molar-refractivity contribution in [3.8, 4) is 0 Å². The lowest BCUT2D eigenvalue weighted by atomic mass is 9.86. The number of nitrogens with one attached hydrogen (secondary N) is 2. The van der Waals surface area contributed by atoms with Gasteiger partial charge >= 0.3 is 0 Å². The van der Waals surface area contributed by atoms with Gasteiger partial charge in [0, 0.05) is 24.8 Å². The van der Waals surface area contributed by atoms with Crippen molar-refractivity contribution in [3.63, 3.8) is 0 Å². The Hall–Kier alpha value is -2.99. The van der Waals surface area contributed by atoms with E-state index in [2.05, 4.69) is 45.3 Å². The summed E-state index contributed by atoms with van der Waals surface area (Å²) in [5.41, 5.74) is 3.65. The van der Waals surface area contributed by atoms with Crippen molar-refractivity contribution in [3.05, 3.63) is 63.7 Å². The topological polar surface area (TPSA) is 78.1 Å². The fraction of sp³-hybridized carbons (Fsp3) is 0.400. The van der Waals surface area contributed by atoms with Crippen LogP contribution in [-0.2, 0) is 0 Å². The standard InChI is InChI=1S/C25H28N4O2/c1-15-13-19(3-6-21(15)17-8-11-29(12-9-17)20-4-5-20)27-24-23-18(7-10-26-25(23)31)14-22(28-24)16(2)30/h3,6-7,10,13-14,17,20H,4-5,8-9,11-12H2,1-2H3,(H,26,31)(H,27,28). The van der Waals surface area contributed by atoms with E-state index in [0.29, 0.717) is 28.2 Å². The second-order valence-corrected chi connectivity index (χ2v) is 8.92. The Labute approximate surface area is 181 Å². The number of pyridine rings is 2. The van der Waals surface area contributed by atoms with Gasteiger partial charge in [0.25, 0.3) is 5.56 Å². The van der Waals surface area contributed by atoms with Gasteiger partial charge in [-0.15, -0.1) is 0 Å². The number of piperidine rings is 1. The first-order valence-corrected chi connectivity index (χ1v) is 11.1. The largest absolute Gasteiger partial charge is 0.340 e. The molecule has 0 amide bonds. The van der Waals surface area contributed by atoms with Crippen LogP contribution >= 0.6 is 0 Å². The smallest absolute Gasteiger partial charge is 0.259 e. The van der Waals surface area contributed by atoms with Gasteiger partial charge in [0.05, 0.1) is 5.39 Å². The van der Waals surface area contributed by atoms with E-state index in [1.165, 1.54) is 56.8 Å². The Morgan fingerprint density at radius 3 is 2.58 bits per heavy atom. The molecule has 0 spiro atoms. The Bertz CT molecular complexity index is 1200. The molecule has 3 heterocycles. The number of nitrogens with zero attached hydrogens (tertiary/aromatic N) is 2. The Morgan fingerprint density at radius 2 is 1.90 bits per heavy atom. The molecule has 2 aromatic heterocycles. The highest BCUT2D eigenvalue weighted by atomic mass is 16.1. The van der Waals surface area contributed by atoms with Gasteiger partial charge in [0.15, 0.2) is 5.78 Å². The van der Waals surface area contributed by atoms with E-state index in [-0.39, 0.29) is 11.3 Å². The number of aromatic amines is 1. The first kappa shape index (κ1) is 19.9. The number of anilines is 2. The SMILES string of the molecule is CC(=O)c1cc2cc[nH]c(=O)c2c(Nc2ccc(C3CCN(C4CC4)CC3)c(C)c2)n1. The molecule has 1 aliphatic carbocycles. The van der Waals surface area contributed by atoms with Crippen LogP contribution in [0.5, 0.6) is 0 Å². The maximum absolute atomic E-state index is 12.5. The van der Waals surface area contributed by atoms with Crippen LogP contribution in [0.25, 0.3) is 10.8 Å². The minimum absolute atomic E-state index is 0.130. The molecule has 1 saturated carbocycles. The van der Waals surface area contributed by atoms with Gasteiger partial charge in [-0.1, -0.05) is 6.07 Å². The first-order chi connectivity index (χ1) is 15.0. The molecule has 3 aromatic rings. The summed E-state index contributed by atoms with van der Waals surface area (Å²) in [6.45, 7) is 6.04. The van der Waals surface area contributed by atoms with Crippen LogP contribution in [0.15, 0.2) is 41.3 Å². The summed E-state index contributed by atoms with van der Waals surface area (Å²) in [5.74, 6) is 0.885. The van der Waals surface area contributed by atoms with Gasteiger partial charge < -0.3 is 15.2 Å². The van der Waals surface area contributed by atoms with Crippen LogP contribution in [0.2, 0.25) is 0 Å². The number of rotatable bonds is 5. The van der Waals surface area contributed by atoms with Crippen molar-refractivity contribution in [2.75, 3.05) is 18.4 Å². The Balaban J connectivity index is 1.42. The van der Waals surface area contributed by atoms with Crippen LogP contribution in [0.4, 0.5) is 11.5 Å². The number of carbonyl (C=O) groups excluding carboxylic acids is 1. The predicted octanol–water partition coefficient (Wildman–Crippen LogP) is 4.52. The number of hydrogen-bond donors (Lipinski definition) is 2. The fourth-order valence-electron chi connectivity index (χ4n) is 4.85. The van der Waals surface area contributed by atoms with Crippen LogP contribution in [0, 0.1) is 6.92 Å². The summed E-state index contributed by atoms with van der Waals surface area (Å²) in [6, 6.07) is 10.7. The normalized spacial score (nSPS) is 17.7. The third kappa shape index (κ3) is 4.00. The molecule has 31 heavy (non-hydrogen) atoms. The van der Waals surface area contributed by atoms with E-state index >= 15 is 0 Å². The number of likely N-dealkylation sites (tertiary alicyclic amines) is 1. The first-order valence-electron chi connectivity index (χ1n) is 11.1. The zero-order valence-electron chi connectivity index (χ0n) is 18.1. The number of hydrogen-bond acceptors (Lipinski definition) is 5. The number of benzene rings is 1. The van der Waals surface area contributed by atoms with Crippen LogP contribution in [0.1, 0.15) is 60.1 Å². The summed E-state index contributed by atoms with van der Waals surface area (Å²) in [4.78, 5) is 34.2. The molecule has 0 radical (unpaired) electrons. The minimum Gasteiger partial charge on any atom is -0.340 e. The molecule has 0 unspecified atom stereocenters. The van der Waals surface area contributed by atoms with Crippen molar-refractivity contribution >= 4 is 28.1 Å². The summed E-state index contributed by atoms with van der Waals surface area (Å²) in [6.07, 6.45) is 6.77. The summed E-state index contributed by atoms with van der Waals surface area (Å²) < 4.78 is 0. The molecule has 5 rings (SSSR count). The molecule has 0 atom stereocenters. The molecule has 1 aromatic carbocycles. The number of fused-ring (bicyclic) bond motifs is 1. The summed E-state index contributed by atoms with van der Waals surface area (Å²) in [7, 11) is 0. The molecule has 6 nitrogen and oxygen atoms in total. The van der Waals surface area contributed by atoms with Gasteiger partial charge in [-0.05, 0) is 92.4 Å². The lowest BCUT2D eigenvalue weighted by Crippen LogP contribution is -2.34. The van der Waals surface area contributed by atoms with Gasteiger partial charge in [-0.25, -0.2) is 4.98 Å². The van der Waals surface area contributed by atoms with E-state index < -0.39 is 0 Å². The number of Topliss-reactive ketones (excluding diaryl/α,β-unsaturated/α-hetero) is 1. The highest BCUT2D eigenvalue weighted by Gasteiger charge is 2.32. The van der Waals surface area contributed by atoms with E-state index in [1.807, 2.05) is 0 Å². The average Bonchev–Trinajstić information content (AvgIpc) is 3.59. The van der Waals surface area contributed by atoms with E-state index in [0.717, 1.165) is 11.7 Å². The third-order valence-electron chi connectivity index (χ3n) is 6.68. The van der Waals surface area contributed by atoms with E-state index in [9.17, 15) is 9.59 Å². The number of ketones is 1. The molecule has 160 valence electrons. The monoisotopic (exact) mass is 416 g/mol. The summed E-state index contributed by atoms with van der Waals surface area (Å²) >= 11 is 0. The van der Waals surface area contributed by atoms with E-state index in [4.69, 9.17) is 0 Å². The minimum atomic E-state index is -0.224. The van der Waals surface area contributed by atoms with Crippen LogP contribution in [-0.4, -0.2) is 39.8 Å². The number of aryl methyl sites for hydroxylation is 1. The highest BCUT2D eigenvalue weighted by Crippen LogP contribution is 2.36. The van der Waals surface area contributed by atoms with Crippen molar-refractivity contribution in [1.82, 2.24) is 14.9 Å². The predicted molar refractivity (Wildman–Crippen MR) is 123 cm³/mol. The molecule has 2 aliphatic rings. The zero-order valence-corrected chi connectivity index (χ0v) is 18.1. The molecule has 2 N–H and O–H groups in total. The Morgan fingerprint density at radius 1 is 1.13 bits per heavy atom. The molecule has 1 aliphatic heterocycles. The molecule has 2 fully saturated rings. The van der Waals surface area contributed by atoms with Crippen molar-refractivity contribution in [2.45, 2.75) is 51.5 Å². The van der Waals surface area contributed by atoms with Crippen molar-refractivity contribution in [2.24, 2.45) is 0 Å². The molecule has 6 heteroatoms. The van der Waals surface area contributed by atoms with E-state index in [1.54, 1.807) is 18.3 Å². The van der Waals surface area contributed by atoms with Crippen LogP contribution < -0.4 is 10.9 Å². The average molecular weight is 417 g/mol. The highest BCUT2D eigenvalue weighted by molar-refractivity contribution is 6.00.